The van der Waals surface area contributed by atoms with Gasteiger partial charge in [-0.05, 0) is 33.8 Å². The van der Waals surface area contributed by atoms with Crippen molar-refractivity contribution in [3.63, 3.8) is 0 Å². The molecular weight excluding hydrogens is 444 g/mol. The van der Waals surface area contributed by atoms with E-state index in [2.05, 4.69) is 36.3 Å². The Kier molecular flexibility index (Phi) is 8.40. The molecule has 2 heterocycles. The van der Waals surface area contributed by atoms with Crippen LogP contribution in [0.15, 0.2) is 42.5 Å². The molecule has 2 aromatic heterocycles. The quantitative estimate of drug-likeness (QED) is 0.330. The second kappa shape index (κ2) is 11.5. The highest BCUT2D eigenvalue weighted by molar-refractivity contribution is 5.92. The largest absolute Gasteiger partial charge is 0.368 e. The van der Waals surface area contributed by atoms with Crippen LogP contribution in [0.1, 0.15) is 43.9 Å². The van der Waals surface area contributed by atoms with E-state index >= 15 is 0 Å². The van der Waals surface area contributed by atoms with Crippen molar-refractivity contribution in [1.82, 2.24) is 30.4 Å². The number of nitrogens with zero attached hydrogens (tertiary/aromatic N) is 4. The lowest BCUT2D eigenvalue weighted by Crippen LogP contribution is -2.34. The molecule has 186 valence electrons. The van der Waals surface area contributed by atoms with Crippen LogP contribution in [0.4, 0.5) is 11.6 Å². The van der Waals surface area contributed by atoms with Crippen molar-refractivity contribution in [2.45, 2.75) is 40.2 Å². The summed E-state index contributed by atoms with van der Waals surface area (Å²) >= 11 is 0. The topological polar surface area (TPSA) is 126 Å². The number of hydrogen-bond acceptors (Lipinski definition) is 7. The Balaban J connectivity index is 1.64. The van der Waals surface area contributed by atoms with E-state index in [0.717, 1.165) is 11.3 Å². The van der Waals surface area contributed by atoms with Gasteiger partial charge in [0, 0.05) is 44.7 Å². The van der Waals surface area contributed by atoms with Crippen molar-refractivity contribution in [3.8, 4) is 11.4 Å². The first-order valence-electron chi connectivity index (χ1n) is 11.7. The molecule has 0 aliphatic rings. The van der Waals surface area contributed by atoms with Crippen molar-refractivity contribution >= 4 is 23.5 Å². The molecule has 0 atom stereocenters. The summed E-state index contributed by atoms with van der Waals surface area (Å²) in [6.45, 7) is 11.3. The highest BCUT2D eigenvalue weighted by Gasteiger charge is 2.22. The van der Waals surface area contributed by atoms with Gasteiger partial charge in [-0.15, -0.1) is 0 Å². The molecule has 0 saturated carbocycles. The highest BCUT2D eigenvalue weighted by Crippen LogP contribution is 2.20. The zero-order valence-electron chi connectivity index (χ0n) is 21.0. The van der Waals surface area contributed by atoms with E-state index in [4.69, 9.17) is 0 Å². The van der Waals surface area contributed by atoms with Gasteiger partial charge in [-0.2, -0.15) is 5.10 Å². The molecular formula is C25H34N8O2. The summed E-state index contributed by atoms with van der Waals surface area (Å²) in [4.78, 5) is 33.1. The normalized spacial score (nSPS) is 11.1. The van der Waals surface area contributed by atoms with Gasteiger partial charge < -0.3 is 21.3 Å². The van der Waals surface area contributed by atoms with Gasteiger partial charge in [-0.1, -0.05) is 30.3 Å². The third kappa shape index (κ3) is 7.53. The molecule has 0 aliphatic carbocycles. The number of rotatable bonds is 10. The third-order valence-corrected chi connectivity index (χ3v) is 4.98. The standard InChI is InChI=1S/C25H34N8O2/c1-17-15-20(33(32-17)25(3,4)5)24(35)29-14-13-28-22-16-21(27-12-11-26-18(2)34)30-23(31-22)19-9-7-6-8-10-19/h6-10,15-16H,11-14H2,1-5H3,(H,26,34)(H,29,35)(H2,27,28,30,31). The molecule has 0 unspecified atom stereocenters. The van der Waals surface area contributed by atoms with E-state index in [1.54, 1.807) is 16.8 Å². The van der Waals surface area contributed by atoms with E-state index < -0.39 is 0 Å². The number of hydrogen-bond donors (Lipinski definition) is 4. The summed E-state index contributed by atoms with van der Waals surface area (Å²) in [6, 6.07) is 13.3. The molecule has 2 amide bonds. The SMILES string of the molecule is CC(=O)NCCNc1cc(NCCNC(=O)c2cc(C)nn2C(C)(C)C)nc(-c2ccccc2)n1. The Hall–Kier alpha value is -3.95. The number of aryl methyl sites for hydroxylation is 1. The van der Waals surface area contributed by atoms with Gasteiger partial charge >= 0.3 is 0 Å². The smallest absolute Gasteiger partial charge is 0.269 e. The maximum atomic E-state index is 12.8. The molecule has 0 saturated heterocycles. The molecule has 0 spiro atoms. The first kappa shape index (κ1) is 25.7. The molecule has 3 aromatic rings. The number of anilines is 2. The molecule has 0 fully saturated rings. The van der Waals surface area contributed by atoms with Crippen molar-refractivity contribution < 1.29 is 9.59 Å². The highest BCUT2D eigenvalue weighted by atomic mass is 16.2. The molecule has 35 heavy (non-hydrogen) atoms. The Morgan fingerprint density at radius 2 is 1.49 bits per heavy atom. The van der Waals surface area contributed by atoms with Crippen LogP contribution in [0.25, 0.3) is 11.4 Å². The summed E-state index contributed by atoms with van der Waals surface area (Å²) in [7, 11) is 0. The summed E-state index contributed by atoms with van der Waals surface area (Å²) in [5.74, 6) is 1.59. The monoisotopic (exact) mass is 478 g/mol. The van der Waals surface area contributed by atoms with Crippen LogP contribution in [0.3, 0.4) is 0 Å². The van der Waals surface area contributed by atoms with Gasteiger partial charge in [0.2, 0.25) is 5.91 Å². The predicted molar refractivity (Wildman–Crippen MR) is 137 cm³/mol. The summed E-state index contributed by atoms with van der Waals surface area (Å²) < 4.78 is 1.75. The van der Waals surface area contributed by atoms with E-state index in [-0.39, 0.29) is 17.4 Å². The second-order valence-electron chi connectivity index (χ2n) is 9.17. The number of aromatic nitrogens is 4. The average molecular weight is 479 g/mol. The number of benzene rings is 1. The lowest BCUT2D eigenvalue weighted by molar-refractivity contribution is -0.118. The van der Waals surface area contributed by atoms with Gasteiger partial charge in [0.25, 0.3) is 5.91 Å². The van der Waals surface area contributed by atoms with Crippen LogP contribution >= 0.6 is 0 Å². The lowest BCUT2D eigenvalue weighted by atomic mass is 10.1. The van der Waals surface area contributed by atoms with Gasteiger partial charge in [0.15, 0.2) is 5.82 Å². The van der Waals surface area contributed by atoms with Crippen molar-refractivity contribution in [1.29, 1.82) is 0 Å². The van der Waals surface area contributed by atoms with Gasteiger partial charge in [-0.3, -0.25) is 14.3 Å². The Morgan fingerprint density at radius 1 is 0.886 bits per heavy atom. The lowest BCUT2D eigenvalue weighted by Gasteiger charge is -2.22. The fourth-order valence-corrected chi connectivity index (χ4v) is 3.40. The number of carbonyl (C=O) groups is 2. The third-order valence-electron chi connectivity index (χ3n) is 4.98. The van der Waals surface area contributed by atoms with Crippen molar-refractivity contribution in [3.05, 3.63) is 53.9 Å². The van der Waals surface area contributed by atoms with Gasteiger partial charge in [0.1, 0.15) is 17.3 Å². The fraction of sp³-hybridized carbons (Fsp3) is 0.400. The summed E-state index contributed by atoms with van der Waals surface area (Å²) in [5.41, 5.74) is 1.93. The van der Waals surface area contributed by atoms with Crippen molar-refractivity contribution in [2.75, 3.05) is 36.8 Å². The van der Waals surface area contributed by atoms with Gasteiger partial charge in [0.05, 0.1) is 11.2 Å². The second-order valence-corrected chi connectivity index (χ2v) is 9.17. The molecule has 10 heteroatoms. The molecule has 0 bridgehead atoms. The molecule has 1 aromatic carbocycles. The molecule has 10 nitrogen and oxygen atoms in total. The minimum Gasteiger partial charge on any atom is -0.368 e. The minimum absolute atomic E-state index is 0.0791. The van der Waals surface area contributed by atoms with Gasteiger partial charge in [-0.25, -0.2) is 9.97 Å². The van der Waals surface area contributed by atoms with Crippen LogP contribution in [0.2, 0.25) is 0 Å². The predicted octanol–water partition coefficient (Wildman–Crippen LogP) is 2.79. The van der Waals surface area contributed by atoms with E-state index in [9.17, 15) is 9.59 Å². The number of amides is 2. The Bertz CT molecular complexity index is 1150. The average Bonchev–Trinajstić information content (AvgIpc) is 3.22. The first-order chi connectivity index (χ1) is 16.6. The maximum Gasteiger partial charge on any atom is 0.269 e. The molecule has 0 radical (unpaired) electrons. The molecule has 0 aliphatic heterocycles. The first-order valence-corrected chi connectivity index (χ1v) is 11.7. The zero-order chi connectivity index (χ0) is 25.4. The van der Waals surface area contributed by atoms with Crippen LogP contribution in [0, 0.1) is 6.92 Å². The van der Waals surface area contributed by atoms with E-state index in [1.165, 1.54) is 6.92 Å². The number of carbonyl (C=O) groups excluding carboxylic acids is 2. The minimum atomic E-state index is -0.294. The fourth-order valence-electron chi connectivity index (χ4n) is 3.40. The summed E-state index contributed by atoms with van der Waals surface area (Å²) in [5, 5.41) is 16.6. The zero-order valence-corrected chi connectivity index (χ0v) is 21.0. The molecule has 3 rings (SSSR count). The number of nitrogens with one attached hydrogen (secondary N) is 4. The van der Waals surface area contributed by atoms with Crippen LogP contribution < -0.4 is 21.3 Å². The van der Waals surface area contributed by atoms with Crippen molar-refractivity contribution in [2.24, 2.45) is 0 Å². The van der Waals surface area contributed by atoms with Crippen LogP contribution in [-0.4, -0.2) is 57.7 Å². The Morgan fingerprint density at radius 3 is 2.06 bits per heavy atom. The van der Waals surface area contributed by atoms with Crippen LogP contribution in [0.5, 0.6) is 0 Å². The maximum absolute atomic E-state index is 12.8. The van der Waals surface area contributed by atoms with Crippen LogP contribution in [-0.2, 0) is 10.3 Å². The van der Waals surface area contributed by atoms with E-state index in [0.29, 0.717) is 49.3 Å². The van der Waals surface area contributed by atoms with E-state index in [1.807, 2.05) is 58.0 Å². The summed E-state index contributed by atoms with van der Waals surface area (Å²) in [6.07, 6.45) is 0. The molecule has 4 N–H and O–H groups in total. The Labute approximate surface area is 205 Å².